The van der Waals surface area contributed by atoms with Crippen LogP contribution in [0.25, 0.3) is 0 Å². The maximum absolute atomic E-state index is 3.20. The molecule has 2 heteroatoms. The van der Waals surface area contributed by atoms with Crippen molar-refractivity contribution in [3.05, 3.63) is 29.8 Å². The fourth-order valence-electron chi connectivity index (χ4n) is 1.36. The highest BCUT2D eigenvalue weighted by atomic mass is 35.5. The average Bonchev–Trinajstić information content (AvgIpc) is 2.03. The molecule has 0 aromatic heterocycles. The maximum Gasteiger partial charge on any atom is 0.0375 e. The van der Waals surface area contributed by atoms with Crippen molar-refractivity contribution >= 4 is 18.1 Å². The van der Waals surface area contributed by atoms with E-state index in [2.05, 4.69) is 50.4 Å². The Morgan fingerprint density at radius 3 is 2.00 bits per heavy atom. The van der Waals surface area contributed by atoms with Gasteiger partial charge in [0.2, 0.25) is 0 Å². The monoisotopic (exact) mass is 199 g/mol. The Hall–Kier alpha value is -0.690. The van der Waals surface area contributed by atoms with E-state index < -0.39 is 0 Å². The van der Waals surface area contributed by atoms with Gasteiger partial charge in [-0.2, -0.15) is 0 Å². The summed E-state index contributed by atoms with van der Waals surface area (Å²) in [5.74, 6) is 0. The number of anilines is 1. The molecule has 1 N–H and O–H groups in total. The van der Waals surface area contributed by atoms with Crippen LogP contribution in [-0.2, 0) is 5.41 Å². The van der Waals surface area contributed by atoms with E-state index in [-0.39, 0.29) is 17.8 Å². The fourth-order valence-corrected chi connectivity index (χ4v) is 1.36. The number of rotatable bonds is 1. The van der Waals surface area contributed by atoms with Crippen molar-refractivity contribution in [3.8, 4) is 0 Å². The van der Waals surface area contributed by atoms with Gasteiger partial charge in [-0.1, -0.05) is 39.0 Å². The Labute approximate surface area is 87.0 Å². The van der Waals surface area contributed by atoms with Gasteiger partial charge in [0, 0.05) is 12.7 Å². The Kier molecular flexibility index (Phi) is 4.28. The van der Waals surface area contributed by atoms with Gasteiger partial charge in [0.15, 0.2) is 0 Å². The van der Waals surface area contributed by atoms with Crippen LogP contribution in [0.1, 0.15) is 26.3 Å². The normalized spacial score (nSPS) is 10.5. The summed E-state index contributed by atoms with van der Waals surface area (Å²) in [6.45, 7) is 6.68. The largest absolute Gasteiger partial charge is 0.388 e. The van der Waals surface area contributed by atoms with Crippen LogP contribution < -0.4 is 5.32 Å². The van der Waals surface area contributed by atoms with Crippen molar-refractivity contribution in [1.82, 2.24) is 0 Å². The first kappa shape index (κ1) is 12.3. The average molecular weight is 200 g/mol. The van der Waals surface area contributed by atoms with Crippen LogP contribution in [-0.4, -0.2) is 7.05 Å². The minimum Gasteiger partial charge on any atom is -0.388 e. The van der Waals surface area contributed by atoms with Gasteiger partial charge in [-0.25, -0.2) is 0 Å². The van der Waals surface area contributed by atoms with Crippen LogP contribution in [0.15, 0.2) is 24.3 Å². The zero-order chi connectivity index (χ0) is 9.19. The molecule has 0 atom stereocenters. The summed E-state index contributed by atoms with van der Waals surface area (Å²) in [5, 5.41) is 3.20. The molecule has 13 heavy (non-hydrogen) atoms. The van der Waals surface area contributed by atoms with E-state index in [0.29, 0.717) is 0 Å². The number of hydrogen-bond acceptors (Lipinski definition) is 1. The summed E-state index contributed by atoms with van der Waals surface area (Å²) in [6, 6.07) is 8.43. The Morgan fingerprint density at radius 2 is 1.62 bits per heavy atom. The molecule has 74 valence electrons. The molecule has 0 aliphatic heterocycles. The van der Waals surface area contributed by atoms with Crippen LogP contribution in [0.5, 0.6) is 0 Å². The molecule has 0 heterocycles. The number of para-hydroxylation sites is 1. The van der Waals surface area contributed by atoms with E-state index in [0.717, 1.165) is 0 Å². The van der Waals surface area contributed by atoms with Crippen molar-refractivity contribution in [2.45, 2.75) is 26.2 Å². The lowest BCUT2D eigenvalue weighted by atomic mass is 9.86. The zero-order valence-electron chi connectivity index (χ0n) is 8.72. The van der Waals surface area contributed by atoms with Crippen molar-refractivity contribution in [1.29, 1.82) is 0 Å². The van der Waals surface area contributed by atoms with Crippen LogP contribution >= 0.6 is 12.4 Å². The highest BCUT2D eigenvalue weighted by Gasteiger charge is 2.16. The van der Waals surface area contributed by atoms with Gasteiger partial charge in [-0.05, 0) is 17.0 Å². The lowest BCUT2D eigenvalue weighted by molar-refractivity contribution is 0.592. The number of benzene rings is 1. The number of hydrogen-bond donors (Lipinski definition) is 1. The molecule has 0 saturated carbocycles. The van der Waals surface area contributed by atoms with Gasteiger partial charge in [0.1, 0.15) is 0 Å². The number of halogens is 1. The Balaban J connectivity index is 0.00000144. The summed E-state index contributed by atoms with van der Waals surface area (Å²) in [4.78, 5) is 0. The molecule has 1 aromatic carbocycles. The standard InChI is InChI=1S/C11H17N.ClH/c1-11(2,3)9-7-5-6-8-10(9)12-4;/h5-8,12H,1-4H3;1H. The van der Waals surface area contributed by atoms with E-state index in [9.17, 15) is 0 Å². The van der Waals surface area contributed by atoms with Gasteiger partial charge in [0.25, 0.3) is 0 Å². The van der Waals surface area contributed by atoms with Gasteiger partial charge >= 0.3 is 0 Å². The van der Waals surface area contributed by atoms with Crippen molar-refractivity contribution in [3.63, 3.8) is 0 Å². The van der Waals surface area contributed by atoms with Crippen LogP contribution in [0.3, 0.4) is 0 Å². The molecule has 0 fully saturated rings. The van der Waals surface area contributed by atoms with Crippen LogP contribution in [0.4, 0.5) is 5.69 Å². The predicted octanol–water partition coefficient (Wildman–Crippen LogP) is 3.45. The summed E-state index contributed by atoms with van der Waals surface area (Å²) >= 11 is 0. The smallest absolute Gasteiger partial charge is 0.0375 e. The summed E-state index contributed by atoms with van der Waals surface area (Å²) < 4.78 is 0. The highest BCUT2D eigenvalue weighted by molar-refractivity contribution is 5.85. The molecule has 0 unspecified atom stereocenters. The zero-order valence-corrected chi connectivity index (χ0v) is 9.53. The third-order valence-corrected chi connectivity index (χ3v) is 2.00. The van der Waals surface area contributed by atoms with E-state index in [1.165, 1.54) is 11.3 Å². The molecule has 0 aliphatic carbocycles. The molecule has 1 rings (SSSR count). The third-order valence-electron chi connectivity index (χ3n) is 2.00. The van der Waals surface area contributed by atoms with Crippen molar-refractivity contribution in [2.24, 2.45) is 0 Å². The fraction of sp³-hybridized carbons (Fsp3) is 0.455. The maximum atomic E-state index is 3.20. The van der Waals surface area contributed by atoms with E-state index in [1.807, 2.05) is 7.05 Å². The quantitative estimate of drug-likeness (QED) is 0.731. The minimum atomic E-state index is 0. The molecular weight excluding hydrogens is 182 g/mol. The summed E-state index contributed by atoms with van der Waals surface area (Å²) in [6.07, 6.45) is 0. The second kappa shape index (κ2) is 4.52. The van der Waals surface area contributed by atoms with Crippen molar-refractivity contribution < 1.29 is 0 Å². The van der Waals surface area contributed by atoms with Gasteiger partial charge in [-0.15, -0.1) is 12.4 Å². The number of nitrogens with one attached hydrogen (secondary N) is 1. The molecular formula is C11H18ClN. The lowest BCUT2D eigenvalue weighted by Crippen LogP contribution is -2.13. The topological polar surface area (TPSA) is 12.0 Å². The molecule has 0 spiro atoms. The molecule has 0 bridgehead atoms. The highest BCUT2D eigenvalue weighted by Crippen LogP contribution is 2.28. The molecule has 1 nitrogen and oxygen atoms in total. The first-order chi connectivity index (χ1) is 5.55. The molecule has 0 amide bonds. The van der Waals surface area contributed by atoms with Crippen LogP contribution in [0.2, 0.25) is 0 Å². The predicted molar refractivity (Wildman–Crippen MR) is 61.9 cm³/mol. The molecule has 0 saturated heterocycles. The lowest BCUT2D eigenvalue weighted by Gasteiger charge is -2.22. The van der Waals surface area contributed by atoms with Gasteiger partial charge in [-0.3, -0.25) is 0 Å². The first-order valence-corrected chi connectivity index (χ1v) is 4.33. The van der Waals surface area contributed by atoms with E-state index in [1.54, 1.807) is 0 Å². The second-order valence-corrected chi connectivity index (χ2v) is 4.05. The Morgan fingerprint density at radius 1 is 1.08 bits per heavy atom. The van der Waals surface area contributed by atoms with E-state index in [4.69, 9.17) is 0 Å². The molecule has 0 radical (unpaired) electrons. The summed E-state index contributed by atoms with van der Waals surface area (Å²) in [7, 11) is 1.96. The SMILES string of the molecule is CNc1ccccc1C(C)(C)C.Cl. The van der Waals surface area contributed by atoms with Gasteiger partial charge < -0.3 is 5.32 Å². The minimum absolute atomic E-state index is 0. The first-order valence-electron chi connectivity index (χ1n) is 4.33. The molecule has 0 aliphatic rings. The third kappa shape index (κ3) is 2.92. The van der Waals surface area contributed by atoms with Crippen molar-refractivity contribution in [2.75, 3.05) is 12.4 Å². The summed E-state index contributed by atoms with van der Waals surface area (Å²) in [5.41, 5.74) is 2.82. The molecule has 1 aromatic rings. The Bertz CT molecular complexity index is 263. The van der Waals surface area contributed by atoms with E-state index >= 15 is 0 Å². The van der Waals surface area contributed by atoms with Crippen LogP contribution in [0, 0.1) is 0 Å². The van der Waals surface area contributed by atoms with Gasteiger partial charge in [0.05, 0.1) is 0 Å². The second-order valence-electron chi connectivity index (χ2n) is 4.05.